The minimum atomic E-state index is -3.90. The van der Waals surface area contributed by atoms with Gasteiger partial charge >= 0.3 is 0 Å². The molecule has 0 aliphatic heterocycles. The van der Waals surface area contributed by atoms with Crippen molar-refractivity contribution in [3.05, 3.63) is 51.8 Å². The quantitative estimate of drug-likeness (QED) is 0.828. The molecule has 0 aromatic heterocycles. The normalized spacial score (nSPS) is 11.4. The summed E-state index contributed by atoms with van der Waals surface area (Å²) in [6, 6.07) is 6.09. The van der Waals surface area contributed by atoms with Gasteiger partial charge in [0.2, 0.25) is 0 Å². The average Bonchev–Trinajstić information content (AvgIpc) is 2.39. The van der Waals surface area contributed by atoms with Crippen molar-refractivity contribution in [1.29, 1.82) is 0 Å². The van der Waals surface area contributed by atoms with Crippen LogP contribution >= 0.6 is 23.2 Å². The van der Waals surface area contributed by atoms with Gasteiger partial charge < -0.3 is 5.73 Å². The molecule has 21 heavy (non-hydrogen) atoms. The van der Waals surface area contributed by atoms with Crippen molar-refractivity contribution < 1.29 is 12.8 Å². The molecule has 0 aliphatic rings. The molecule has 112 valence electrons. The molecule has 0 aliphatic carbocycles. The Balaban J connectivity index is 2.40. The Labute approximate surface area is 131 Å². The van der Waals surface area contributed by atoms with Crippen molar-refractivity contribution in [2.24, 2.45) is 0 Å². The highest BCUT2D eigenvalue weighted by Crippen LogP contribution is 2.28. The van der Waals surface area contributed by atoms with Gasteiger partial charge in [-0.2, -0.15) is 0 Å². The van der Waals surface area contributed by atoms with Crippen LogP contribution in [0.1, 0.15) is 5.56 Å². The molecule has 3 N–H and O–H groups in total. The van der Waals surface area contributed by atoms with Crippen molar-refractivity contribution in [3.63, 3.8) is 0 Å². The maximum Gasteiger partial charge on any atom is 0.262 e. The van der Waals surface area contributed by atoms with E-state index in [1.54, 1.807) is 6.92 Å². The SMILES string of the molecule is Cc1c(N)cc(S(=O)(=O)Nc2ccc(F)c(Cl)c2)cc1Cl. The van der Waals surface area contributed by atoms with Gasteiger partial charge in [0.25, 0.3) is 10.0 Å². The second-order valence-electron chi connectivity index (χ2n) is 4.35. The third kappa shape index (κ3) is 3.40. The van der Waals surface area contributed by atoms with E-state index in [4.69, 9.17) is 28.9 Å². The van der Waals surface area contributed by atoms with Crippen molar-refractivity contribution >= 4 is 44.6 Å². The first kappa shape index (κ1) is 15.9. The summed E-state index contributed by atoms with van der Waals surface area (Å²) in [4.78, 5) is -0.0870. The van der Waals surface area contributed by atoms with Gasteiger partial charge in [-0.15, -0.1) is 0 Å². The van der Waals surface area contributed by atoms with Crippen LogP contribution in [0.15, 0.2) is 35.2 Å². The number of sulfonamides is 1. The molecular weight excluding hydrogens is 338 g/mol. The van der Waals surface area contributed by atoms with E-state index in [-0.39, 0.29) is 26.3 Å². The van der Waals surface area contributed by atoms with E-state index in [1.165, 1.54) is 24.3 Å². The number of hydrogen-bond donors (Lipinski definition) is 2. The molecule has 0 amide bonds. The first-order valence-electron chi connectivity index (χ1n) is 5.74. The molecule has 0 saturated carbocycles. The predicted octanol–water partition coefficient (Wildman–Crippen LogP) is 3.82. The van der Waals surface area contributed by atoms with E-state index >= 15 is 0 Å². The van der Waals surface area contributed by atoms with Gasteiger partial charge in [-0.3, -0.25) is 4.72 Å². The number of rotatable bonds is 3. The Hall–Kier alpha value is -1.50. The Kier molecular flexibility index (Phi) is 4.32. The summed E-state index contributed by atoms with van der Waals surface area (Å²) in [7, 11) is -3.90. The van der Waals surface area contributed by atoms with Crippen molar-refractivity contribution in [2.75, 3.05) is 10.5 Å². The number of anilines is 2. The lowest BCUT2D eigenvalue weighted by Gasteiger charge is -2.11. The fraction of sp³-hybridized carbons (Fsp3) is 0.0769. The molecule has 0 fully saturated rings. The summed E-state index contributed by atoms with van der Waals surface area (Å²) in [5, 5.41) is 0.0594. The van der Waals surface area contributed by atoms with Crippen LogP contribution in [0.5, 0.6) is 0 Å². The van der Waals surface area contributed by atoms with Crippen LogP contribution in [0.2, 0.25) is 10.0 Å². The van der Waals surface area contributed by atoms with E-state index < -0.39 is 15.8 Å². The van der Waals surface area contributed by atoms with Crippen molar-refractivity contribution in [1.82, 2.24) is 0 Å². The van der Waals surface area contributed by atoms with Gasteiger partial charge in [-0.1, -0.05) is 23.2 Å². The second kappa shape index (κ2) is 5.71. The monoisotopic (exact) mass is 348 g/mol. The summed E-state index contributed by atoms with van der Waals surface area (Å²) in [6.45, 7) is 1.68. The molecule has 0 heterocycles. The fourth-order valence-corrected chi connectivity index (χ4v) is 3.19. The summed E-state index contributed by atoms with van der Waals surface area (Å²) >= 11 is 11.5. The molecule has 0 radical (unpaired) electrons. The van der Waals surface area contributed by atoms with E-state index in [1.807, 2.05) is 0 Å². The molecule has 0 unspecified atom stereocenters. The fourth-order valence-electron chi connectivity index (χ4n) is 1.60. The number of nitrogens with one attached hydrogen (secondary N) is 1. The molecule has 2 rings (SSSR count). The minimum Gasteiger partial charge on any atom is -0.398 e. The number of nitrogen functional groups attached to an aromatic ring is 1. The van der Waals surface area contributed by atoms with E-state index in [2.05, 4.69) is 4.72 Å². The zero-order valence-electron chi connectivity index (χ0n) is 10.8. The maximum absolute atomic E-state index is 13.1. The predicted molar refractivity (Wildman–Crippen MR) is 82.8 cm³/mol. The van der Waals surface area contributed by atoms with Crippen LogP contribution in [0.3, 0.4) is 0 Å². The van der Waals surface area contributed by atoms with Gasteiger partial charge in [0.1, 0.15) is 5.82 Å². The molecule has 0 atom stereocenters. The second-order valence-corrected chi connectivity index (χ2v) is 6.85. The van der Waals surface area contributed by atoms with Gasteiger partial charge in [-0.05, 0) is 42.8 Å². The summed E-state index contributed by atoms with van der Waals surface area (Å²) < 4.78 is 39.8. The molecule has 4 nitrogen and oxygen atoms in total. The standard InChI is InChI=1S/C13H11Cl2FN2O2S/c1-7-10(14)5-9(6-13(7)17)21(19,20)18-8-2-3-12(16)11(15)4-8/h2-6,18H,17H2,1H3. The van der Waals surface area contributed by atoms with Gasteiger partial charge in [0.15, 0.2) is 0 Å². The lowest BCUT2D eigenvalue weighted by molar-refractivity contribution is 0.601. The zero-order chi connectivity index (χ0) is 15.8. The zero-order valence-corrected chi connectivity index (χ0v) is 13.2. The third-order valence-electron chi connectivity index (χ3n) is 2.84. The number of halogens is 3. The topological polar surface area (TPSA) is 72.2 Å². The summed E-state index contributed by atoms with van der Waals surface area (Å²) in [6.07, 6.45) is 0. The van der Waals surface area contributed by atoms with Crippen LogP contribution < -0.4 is 10.5 Å². The summed E-state index contributed by atoms with van der Waals surface area (Å²) in [5.41, 5.74) is 6.71. The molecular formula is C13H11Cl2FN2O2S. The largest absolute Gasteiger partial charge is 0.398 e. The number of nitrogens with two attached hydrogens (primary N) is 1. The first-order valence-corrected chi connectivity index (χ1v) is 7.98. The molecule has 2 aromatic rings. The number of hydrogen-bond acceptors (Lipinski definition) is 3. The molecule has 0 spiro atoms. The van der Waals surface area contributed by atoms with E-state index in [9.17, 15) is 12.8 Å². The molecule has 8 heteroatoms. The van der Waals surface area contributed by atoms with Crippen molar-refractivity contribution in [3.8, 4) is 0 Å². The Bertz CT molecular complexity index is 787. The molecule has 0 saturated heterocycles. The smallest absolute Gasteiger partial charge is 0.262 e. The minimum absolute atomic E-state index is 0.0870. The highest BCUT2D eigenvalue weighted by Gasteiger charge is 2.17. The maximum atomic E-state index is 13.1. The van der Waals surface area contributed by atoms with Gasteiger partial charge in [0.05, 0.1) is 15.6 Å². The number of benzene rings is 2. The first-order chi connectivity index (χ1) is 9.70. The lowest BCUT2D eigenvalue weighted by Crippen LogP contribution is -2.13. The van der Waals surface area contributed by atoms with Crippen LogP contribution in [0, 0.1) is 12.7 Å². The van der Waals surface area contributed by atoms with Crippen LogP contribution in [-0.4, -0.2) is 8.42 Å². The lowest BCUT2D eigenvalue weighted by atomic mass is 10.2. The Morgan fingerprint density at radius 2 is 1.81 bits per heavy atom. The molecule has 2 aromatic carbocycles. The van der Waals surface area contributed by atoms with Gasteiger partial charge in [0, 0.05) is 10.7 Å². The highest BCUT2D eigenvalue weighted by molar-refractivity contribution is 7.92. The van der Waals surface area contributed by atoms with Crippen LogP contribution in [0.4, 0.5) is 15.8 Å². The van der Waals surface area contributed by atoms with Crippen LogP contribution in [0.25, 0.3) is 0 Å². The Morgan fingerprint density at radius 1 is 1.14 bits per heavy atom. The van der Waals surface area contributed by atoms with Crippen molar-refractivity contribution in [2.45, 2.75) is 11.8 Å². The average molecular weight is 349 g/mol. The Morgan fingerprint density at radius 3 is 2.38 bits per heavy atom. The van der Waals surface area contributed by atoms with Crippen LogP contribution in [-0.2, 0) is 10.0 Å². The third-order valence-corrected chi connectivity index (χ3v) is 4.88. The van der Waals surface area contributed by atoms with E-state index in [0.717, 1.165) is 6.07 Å². The molecule has 0 bridgehead atoms. The highest BCUT2D eigenvalue weighted by atomic mass is 35.5. The summed E-state index contributed by atoms with van der Waals surface area (Å²) in [5.74, 6) is -0.637. The van der Waals surface area contributed by atoms with E-state index in [0.29, 0.717) is 5.56 Å². The van der Waals surface area contributed by atoms with Gasteiger partial charge in [-0.25, -0.2) is 12.8 Å².